The zero-order valence-corrected chi connectivity index (χ0v) is 11.4. The molecule has 1 N–H and O–H groups in total. The quantitative estimate of drug-likeness (QED) is 0.733. The summed E-state index contributed by atoms with van der Waals surface area (Å²) in [6.07, 6.45) is 3.99. The van der Waals surface area contributed by atoms with Crippen molar-refractivity contribution in [3.8, 4) is 0 Å². The van der Waals surface area contributed by atoms with Gasteiger partial charge in [0.15, 0.2) is 0 Å². The van der Waals surface area contributed by atoms with Gasteiger partial charge in [-0.25, -0.2) is 8.42 Å². The van der Waals surface area contributed by atoms with Crippen LogP contribution >= 0.6 is 0 Å². The van der Waals surface area contributed by atoms with Crippen LogP contribution in [0.4, 0.5) is 0 Å². The van der Waals surface area contributed by atoms with E-state index in [9.17, 15) is 13.2 Å². The molecule has 100 valence electrons. The number of nitrogens with one attached hydrogen (secondary N) is 1. The summed E-state index contributed by atoms with van der Waals surface area (Å²) in [5.41, 5.74) is 0. The molecule has 1 rings (SSSR count). The van der Waals surface area contributed by atoms with E-state index in [1.165, 1.54) is 6.26 Å². The van der Waals surface area contributed by atoms with Gasteiger partial charge in [0.2, 0.25) is 5.91 Å². The SMILES string of the molecule is CCCNC1CCCN(CCS(C)(=O)=O)C1=O. The molecular weight excluding hydrogens is 240 g/mol. The van der Waals surface area contributed by atoms with Gasteiger partial charge >= 0.3 is 0 Å². The monoisotopic (exact) mass is 262 g/mol. The summed E-state index contributed by atoms with van der Waals surface area (Å²) >= 11 is 0. The van der Waals surface area contributed by atoms with Gasteiger partial charge in [0.05, 0.1) is 11.8 Å². The van der Waals surface area contributed by atoms with Crippen LogP contribution in [0.3, 0.4) is 0 Å². The number of hydrogen-bond donors (Lipinski definition) is 1. The summed E-state index contributed by atoms with van der Waals surface area (Å²) in [5, 5.41) is 3.21. The Balaban J connectivity index is 2.47. The molecule has 1 saturated heterocycles. The van der Waals surface area contributed by atoms with E-state index < -0.39 is 9.84 Å². The maximum Gasteiger partial charge on any atom is 0.239 e. The molecular formula is C11H22N2O3S. The van der Waals surface area contributed by atoms with E-state index in [1.54, 1.807) is 4.90 Å². The summed E-state index contributed by atoms with van der Waals surface area (Å²) in [4.78, 5) is 13.7. The molecule has 0 bridgehead atoms. The van der Waals surface area contributed by atoms with Crippen molar-refractivity contribution >= 4 is 15.7 Å². The van der Waals surface area contributed by atoms with Gasteiger partial charge in [0.1, 0.15) is 9.84 Å². The number of amides is 1. The van der Waals surface area contributed by atoms with Crippen LogP contribution in [0.1, 0.15) is 26.2 Å². The van der Waals surface area contributed by atoms with Gasteiger partial charge in [-0.15, -0.1) is 0 Å². The number of piperidine rings is 1. The highest BCUT2D eigenvalue weighted by Gasteiger charge is 2.28. The lowest BCUT2D eigenvalue weighted by Crippen LogP contribution is -2.51. The van der Waals surface area contributed by atoms with E-state index in [2.05, 4.69) is 12.2 Å². The highest BCUT2D eigenvalue weighted by Crippen LogP contribution is 2.11. The molecule has 17 heavy (non-hydrogen) atoms. The Morgan fingerprint density at radius 3 is 2.76 bits per heavy atom. The zero-order chi connectivity index (χ0) is 12.9. The Labute approximate surface area is 103 Å². The molecule has 0 aromatic heterocycles. The highest BCUT2D eigenvalue weighted by molar-refractivity contribution is 7.90. The minimum Gasteiger partial charge on any atom is -0.340 e. The predicted octanol–water partition coefficient (Wildman–Crippen LogP) is 0.0216. The maximum absolute atomic E-state index is 12.0. The molecule has 0 aromatic carbocycles. The average Bonchev–Trinajstić information content (AvgIpc) is 2.25. The highest BCUT2D eigenvalue weighted by atomic mass is 32.2. The molecule has 0 radical (unpaired) electrons. The van der Waals surface area contributed by atoms with Gasteiger partial charge in [-0.3, -0.25) is 4.79 Å². The number of carbonyl (C=O) groups is 1. The van der Waals surface area contributed by atoms with Crippen LogP contribution in [0.15, 0.2) is 0 Å². The molecule has 1 aliphatic rings. The van der Waals surface area contributed by atoms with Crippen LogP contribution in [0, 0.1) is 0 Å². The van der Waals surface area contributed by atoms with Gasteiger partial charge in [0, 0.05) is 19.3 Å². The van der Waals surface area contributed by atoms with Gasteiger partial charge < -0.3 is 10.2 Å². The first-order chi connectivity index (χ1) is 7.94. The maximum atomic E-state index is 12.0. The third kappa shape index (κ3) is 5.04. The minimum atomic E-state index is -3.00. The van der Waals surface area contributed by atoms with Gasteiger partial charge in [0.25, 0.3) is 0 Å². The van der Waals surface area contributed by atoms with Crippen molar-refractivity contribution in [2.75, 3.05) is 31.6 Å². The first-order valence-electron chi connectivity index (χ1n) is 6.14. The Kier molecular flexibility index (Phi) is 5.39. The van der Waals surface area contributed by atoms with Crippen molar-refractivity contribution in [1.29, 1.82) is 0 Å². The largest absolute Gasteiger partial charge is 0.340 e. The van der Waals surface area contributed by atoms with Crippen LogP contribution in [0.2, 0.25) is 0 Å². The second-order valence-corrected chi connectivity index (χ2v) is 6.86. The molecule has 6 heteroatoms. The Morgan fingerprint density at radius 1 is 1.47 bits per heavy atom. The standard InChI is InChI=1S/C11H22N2O3S/c1-3-6-12-10-5-4-7-13(11(10)14)8-9-17(2,15)16/h10,12H,3-9H2,1-2H3. The molecule has 0 aromatic rings. The fourth-order valence-corrected chi connectivity index (χ4v) is 2.50. The van der Waals surface area contributed by atoms with E-state index in [0.717, 1.165) is 25.8 Å². The van der Waals surface area contributed by atoms with E-state index in [4.69, 9.17) is 0 Å². The van der Waals surface area contributed by atoms with Crippen molar-refractivity contribution in [1.82, 2.24) is 10.2 Å². The predicted molar refractivity (Wildman–Crippen MR) is 67.6 cm³/mol. The van der Waals surface area contributed by atoms with Crippen molar-refractivity contribution in [2.24, 2.45) is 0 Å². The second kappa shape index (κ2) is 6.35. The number of carbonyl (C=O) groups excluding carboxylic acids is 1. The first kappa shape index (κ1) is 14.4. The van der Waals surface area contributed by atoms with Gasteiger partial charge in [-0.05, 0) is 25.8 Å². The third-order valence-electron chi connectivity index (χ3n) is 2.90. The Bertz CT molecular complexity index is 354. The number of likely N-dealkylation sites (tertiary alicyclic amines) is 1. The van der Waals surface area contributed by atoms with Gasteiger partial charge in [-0.2, -0.15) is 0 Å². The molecule has 1 fully saturated rings. The lowest BCUT2D eigenvalue weighted by Gasteiger charge is -2.32. The van der Waals surface area contributed by atoms with Crippen LogP contribution in [-0.4, -0.2) is 56.9 Å². The normalized spacial score (nSPS) is 21.9. The molecule has 1 atom stereocenters. The smallest absolute Gasteiger partial charge is 0.239 e. The lowest BCUT2D eigenvalue weighted by molar-refractivity contribution is -0.135. The summed E-state index contributed by atoms with van der Waals surface area (Å²) in [5.74, 6) is 0.104. The number of sulfone groups is 1. The molecule has 0 spiro atoms. The van der Waals surface area contributed by atoms with Crippen LogP contribution in [0.5, 0.6) is 0 Å². The van der Waals surface area contributed by atoms with E-state index in [1.807, 2.05) is 0 Å². The topological polar surface area (TPSA) is 66.5 Å². The number of rotatable bonds is 6. The van der Waals surface area contributed by atoms with Crippen molar-refractivity contribution in [3.05, 3.63) is 0 Å². The summed E-state index contributed by atoms with van der Waals surface area (Å²) in [6.45, 7) is 3.89. The third-order valence-corrected chi connectivity index (χ3v) is 3.83. The van der Waals surface area contributed by atoms with Crippen LogP contribution < -0.4 is 5.32 Å². The van der Waals surface area contributed by atoms with Crippen molar-refractivity contribution in [3.63, 3.8) is 0 Å². The fourth-order valence-electron chi connectivity index (χ4n) is 1.95. The Morgan fingerprint density at radius 2 is 2.18 bits per heavy atom. The van der Waals surface area contributed by atoms with Gasteiger partial charge in [-0.1, -0.05) is 6.92 Å². The summed E-state index contributed by atoms with van der Waals surface area (Å²) in [6, 6.07) is -0.122. The zero-order valence-electron chi connectivity index (χ0n) is 10.6. The fraction of sp³-hybridized carbons (Fsp3) is 0.909. The van der Waals surface area contributed by atoms with Crippen LogP contribution in [0.25, 0.3) is 0 Å². The number of hydrogen-bond acceptors (Lipinski definition) is 4. The molecule has 5 nitrogen and oxygen atoms in total. The molecule has 1 heterocycles. The van der Waals surface area contributed by atoms with Crippen molar-refractivity contribution < 1.29 is 13.2 Å². The average molecular weight is 262 g/mol. The second-order valence-electron chi connectivity index (χ2n) is 4.60. The molecule has 1 unspecified atom stereocenters. The minimum absolute atomic E-state index is 0.0494. The summed E-state index contributed by atoms with van der Waals surface area (Å²) in [7, 11) is -3.00. The number of nitrogens with zero attached hydrogens (tertiary/aromatic N) is 1. The molecule has 1 aliphatic heterocycles. The van der Waals surface area contributed by atoms with Crippen LogP contribution in [-0.2, 0) is 14.6 Å². The van der Waals surface area contributed by atoms with E-state index in [0.29, 0.717) is 13.1 Å². The van der Waals surface area contributed by atoms with Crippen molar-refractivity contribution in [2.45, 2.75) is 32.2 Å². The van der Waals surface area contributed by atoms with E-state index in [-0.39, 0.29) is 17.7 Å². The molecule has 0 saturated carbocycles. The molecule has 0 aliphatic carbocycles. The van der Waals surface area contributed by atoms with E-state index >= 15 is 0 Å². The first-order valence-corrected chi connectivity index (χ1v) is 8.20. The summed E-state index contributed by atoms with van der Waals surface area (Å²) < 4.78 is 22.2. The lowest BCUT2D eigenvalue weighted by atomic mass is 10.0. The Hall–Kier alpha value is -0.620. The molecule has 1 amide bonds.